The van der Waals surface area contributed by atoms with Gasteiger partial charge in [0.2, 0.25) is 0 Å². The van der Waals surface area contributed by atoms with Gasteiger partial charge in [-0.1, -0.05) is 6.92 Å². The molecule has 0 amide bonds. The molecule has 0 radical (unpaired) electrons. The van der Waals surface area contributed by atoms with Gasteiger partial charge in [-0.25, -0.2) is 0 Å². The molecule has 0 spiro atoms. The fraction of sp³-hybridized carbons (Fsp3) is 0.800. The molecule has 2 atom stereocenters. The zero-order valence-electron chi connectivity index (χ0n) is 12.2. The zero-order chi connectivity index (χ0) is 13.2. The van der Waals surface area contributed by atoms with Crippen LogP contribution in [0.3, 0.4) is 0 Å². The summed E-state index contributed by atoms with van der Waals surface area (Å²) in [6, 6.07) is 2.40. The molecule has 0 saturated carbocycles. The van der Waals surface area contributed by atoms with Crippen molar-refractivity contribution in [2.24, 2.45) is 7.05 Å². The first-order valence-corrected chi connectivity index (χ1v) is 7.73. The maximum Gasteiger partial charge on any atom is 0.0522 e. The Labute approximate surface area is 116 Å². The Morgan fingerprint density at radius 1 is 1.32 bits per heavy atom. The molecule has 3 rings (SSSR count). The topological polar surface area (TPSA) is 33.1 Å². The molecule has 1 aromatic heterocycles. The molecule has 4 heteroatoms. The molecule has 1 aromatic rings. The van der Waals surface area contributed by atoms with E-state index in [0.29, 0.717) is 0 Å². The Bertz CT molecular complexity index is 400. The third kappa shape index (κ3) is 2.84. The van der Waals surface area contributed by atoms with Crippen LogP contribution in [0.15, 0.2) is 12.4 Å². The van der Waals surface area contributed by atoms with Gasteiger partial charge in [0.15, 0.2) is 0 Å². The van der Waals surface area contributed by atoms with Crippen LogP contribution in [0.1, 0.15) is 38.2 Å². The smallest absolute Gasteiger partial charge is 0.0522 e. The summed E-state index contributed by atoms with van der Waals surface area (Å²) in [6.07, 6.45) is 10.8. The molecule has 2 unspecified atom stereocenters. The first-order valence-electron chi connectivity index (χ1n) is 7.73. The molecule has 2 saturated heterocycles. The Morgan fingerprint density at radius 3 is 2.63 bits per heavy atom. The molecule has 19 heavy (non-hydrogen) atoms. The van der Waals surface area contributed by atoms with Crippen LogP contribution in [-0.2, 0) is 13.5 Å². The summed E-state index contributed by atoms with van der Waals surface area (Å²) >= 11 is 0. The van der Waals surface area contributed by atoms with Crippen LogP contribution in [0.2, 0.25) is 0 Å². The van der Waals surface area contributed by atoms with E-state index in [9.17, 15) is 0 Å². The molecule has 2 aliphatic heterocycles. The van der Waals surface area contributed by atoms with Gasteiger partial charge in [-0.2, -0.15) is 5.10 Å². The molecule has 0 aliphatic carbocycles. The molecule has 3 heterocycles. The Morgan fingerprint density at radius 2 is 2.05 bits per heavy atom. The van der Waals surface area contributed by atoms with E-state index in [0.717, 1.165) is 31.1 Å². The van der Waals surface area contributed by atoms with Gasteiger partial charge >= 0.3 is 0 Å². The van der Waals surface area contributed by atoms with Crippen molar-refractivity contribution in [2.75, 3.05) is 13.1 Å². The molecule has 2 aliphatic rings. The van der Waals surface area contributed by atoms with Crippen molar-refractivity contribution in [3.63, 3.8) is 0 Å². The fourth-order valence-corrected chi connectivity index (χ4v) is 3.95. The van der Waals surface area contributed by atoms with E-state index in [2.05, 4.69) is 28.4 Å². The van der Waals surface area contributed by atoms with Gasteiger partial charge in [0.25, 0.3) is 0 Å². The fourth-order valence-electron chi connectivity index (χ4n) is 3.95. The first-order chi connectivity index (χ1) is 9.26. The largest absolute Gasteiger partial charge is 0.314 e. The maximum absolute atomic E-state index is 4.26. The number of nitrogens with zero attached hydrogens (tertiary/aromatic N) is 3. The lowest BCUT2D eigenvalue weighted by Crippen LogP contribution is -2.49. The highest BCUT2D eigenvalue weighted by Gasteiger charge is 2.39. The lowest BCUT2D eigenvalue weighted by atomic mass is 9.97. The van der Waals surface area contributed by atoms with Crippen LogP contribution in [0.25, 0.3) is 0 Å². The summed E-state index contributed by atoms with van der Waals surface area (Å²) in [5.41, 5.74) is 1.37. The molecule has 2 fully saturated rings. The number of fused-ring (bicyclic) bond motifs is 2. The number of piperidine rings is 1. The van der Waals surface area contributed by atoms with E-state index >= 15 is 0 Å². The standard InChI is InChI=1S/C15H26N4/c1-3-16-13-8-14-4-5-15(9-13)19(14)7-6-12-10-17-18(2)11-12/h10-11,13-16H,3-9H2,1-2H3. The highest BCUT2D eigenvalue weighted by atomic mass is 15.2. The minimum Gasteiger partial charge on any atom is -0.314 e. The predicted molar refractivity (Wildman–Crippen MR) is 77.1 cm³/mol. The van der Waals surface area contributed by atoms with Crippen LogP contribution in [0.5, 0.6) is 0 Å². The highest BCUT2D eigenvalue weighted by molar-refractivity contribution is 5.06. The van der Waals surface area contributed by atoms with Gasteiger partial charge in [-0.05, 0) is 44.2 Å². The van der Waals surface area contributed by atoms with Crippen LogP contribution in [0.4, 0.5) is 0 Å². The lowest BCUT2D eigenvalue weighted by Gasteiger charge is -2.39. The van der Waals surface area contributed by atoms with Crippen molar-refractivity contribution in [2.45, 2.75) is 57.2 Å². The zero-order valence-corrected chi connectivity index (χ0v) is 12.2. The number of aromatic nitrogens is 2. The third-order valence-electron chi connectivity index (χ3n) is 4.79. The SMILES string of the molecule is CCNC1CC2CCC(C1)N2CCc1cnn(C)c1. The normalized spacial score (nSPS) is 30.9. The maximum atomic E-state index is 4.26. The van der Waals surface area contributed by atoms with Crippen LogP contribution in [0, 0.1) is 0 Å². The van der Waals surface area contributed by atoms with E-state index in [-0.39, 0.29) is 0 Å². The van der Waals surface area contributed by atoms with Gasteiger partial charge < -0.3 is 5.32 Å². The second kappa shape index (κ2) is 5.63. The Balaban J connectivity index is 1.55. The molecule has 106 valence electrons. The predicted octanol–water partition coefficient (Wildman–Crippen LogP) is 1.57. The van der Waals surface area contributed by atoms with E-state index in [1.807, 2.05) is 17.9 Å². The van der Waals surface area contributed by atoms with Crippen molar-refractivity contribution in [1.82, 2.24) is 20.0 Å². The van der Waals surface area contributed by atoms with Crippen molar-refractivity contribution in [3.8, 4) is 0 Å². The molecular formula is C15H26N4. The van der Waals surface area contributed by atoms with E-state index in [1.165, 1.54) is 37.8 Å². The van der Waals surface area contributed by atoms with Gasteiger partial charge in [-0.3, -0.25) is 9.58 Å². The summed E-state index contributed by atoms with van der Waals surface area (Å²) in [5, 5.41) is 7.90. The van der Waals surface area contributed by atoms with Crippen molar-refractivity contribution in [3.05, 3.63) is 18.0 Å². The first kappa shape index (κ1) is 13.1. The second-order valence-electron chi connectivity index (χ2n) is 6.12. The summed E-state index contributed by atoms with van der Waals surface area (Å²) in [4.78, 5) is 2.76. The number of hydrogen-bond acceptors (Lipinski definition) is 3. The monoisotopic (exact) mass is 262 g/mol. The number of nitrogens with one attached hydrogen (secondary N) is 1. The minimum absolute atomic E-state index is 0.761. The molecule has 4 nitrogen and oxygen atoms in total. The van der Waals surface area contributed by atoms with Crippen LogP contribution >= 0.6 is 0 Å². The molecule has 0 aromatic carbocycles. The van der Waals surface area contributed by atoms with Gasteiger partial charge in [-0.15, -0.1) is 0 Å². The molecular weight excluding hydrogens is 236 g/mol. The van der Waals surface area contributed by atoms with E-state index in [4.69, 9.17) is 0 Å². The van der Waals surface area contributed by atoms with Crippen molar-refractivity contribution < 1.29 is 0 Å². The minimum atomic E-state index is 0.761. The van der Waals surface area contributed by atoms with Gasteiger partial charge in [0, 0.05) is 37.9 Å². The molecule has 1 N–H and O–H groups in total. The third-order valence-corrected chi connectivity index (χ3v) is 4.79. The van der Waals surface area contributed by atoms with Crippen LogP contribution < -0.4 is 5.32 Å². The van der Waals surface area contributed by atoms with E-state index in [1.54, 1.807) is 0 Å². The van der Waals surface area contributed by atoms with E-state index < -0.39 is 0 Å². The summed E-state index contributed by atoms with van der Waals surface area (Å²) in [6.45, 7) is 4.54. The summed E-state index contributed by atoms with van der Waals surface area (Å²) < 4.78 is 1.90. The van der Waals surface area contributed by atoms with Gasteiger partial charge in [0.1, 0.15) is 0 Å². The van der Waals surface area contributed by atoms with Crippen molar-refractivity contribution >= 4 is 0 Å². The highest BCUT2D eigenvalue weighted by Crippen LogP contribution is 2.35. The summed E-state index contributed by atoms with van der Waals surface area (Å²) in [5.74, 6) is 0. The number of aryl methyl sites for hydroxylation is 1. The number of rotatable bonds is 5. The van der Waals surface area contributed by atoms with Crippen molar-refractivity contribution in [1.29, 1.82) is 0 Å². The van der Waals surface area contributed by atoms with Gasteiger partial charge in [0.05, 0.1) is 6.20 Å². The second-order valence-corrected chi connectivity index (χ2v) is 6.12. The Kier molecular flexibility index (Phi) is 3.89. The average Bonchev–Trinajstić information content (AvgIpc) is 2.89. The molecule has 2 bridgehead atoms. The quantitative estimate of drug-likeness (QED) is 0.874. The van der Waals surface area contributed by atoms with Crippen LogP contribution in [-0.4, -0.2) is 45.9 Å². The number of hydrogen-bond donors (Lipinski definition) is 1. The Hall–Kier alpha value is -0.870. The summed E-state index contributed by atoms with van der Waals surface area (Å²) in [7, 11) is 2.00. The average molecular weight is 262 g/mol. The lowest BCUT2D eigenvalue weighted by molar-refractivity contribution is 0.119.